The molecular weight excluding hydrogens is 170 g/mol. The second kappa shape index (κ2) is 4.58. The summed E-state index contributed by atoms with van der Waals surface area (Å²) in [5.41, 5.74) is 0. The topological polar surface area (TPSA) is 49.8 Å². The standard InChI is InChI=1S/C9H17NO3/c1-7-5-8(3-4-10(7)2)13-6-9(11)12/h7-8H,3-6H2,1-2H3,(H,11,12)/t7-,8-/m0/s1. The van der Waals surface area contributed by atoms with Crippen molar-refractivity contribution in [1.82, 2.24) is 4.90 Å². The van der Waals surface area contributed by atoms with Crippen molar-refractivity contribution < 1.29 is 14.6 Å². The van der Waals surface area contributed by atoms with E-state index in [1.54, 1.807) is 0 Å². The molecule has 1 heterocycles. The van der Waals surface area contributed by atoms with Crippen molar-refractivity contribution in [3.63, 3.8) is 0 Å². The molecule has 2 atom stereocenters. The molecule has 4 nitrogen and oxygen atoms in total. The highest BCUT2D eigenvalue weighted by molar-refractivity contribution is 5.68. The van der Waals surface area contributed by atoms with E-state index < -0.39 is 5.97 Å². The van der Waals surface area contributed by atoms with Gasteiger partial charge in [-0.2, -0.15) is 0 Å². The van der Waals surface area contributed by atoms with Crippen LogP contribution in [0.15, 0.2) is 0 Å². The zero-order valence-electron chi connectivity index (χ0n) is 8.19. The van der Waals surface area contributed by atoms with E-state index >= 15 is 0 Å². The number of hydrogen-bond acceptors (Lipinski definition) is 3. The van der Waals surface area contributed by atoms with Crippen molar-refractivity contribution in [1.29, 1.82) is 0 Å². The SMILES string of the molecule is C[C@H]1C[C@@H](OCC(=O)O)CCN1C. The van der Waals surface area contributed by atoms with E-state index in [0.29, 0.717) is 6.04 Å². The van der Waals surface area contributed by atoms with Crippen LogP contribution in [0.2, 0.25) is 0 Å². The highest BCUT2D eigenvalue weighted by atomic mass is 16.5. The maximum atomic E-state index is 10.3. The van der Waals surface area contributed by atoms with Crippen LogP contribution in [-0.2, 0) is 9.53 Å². The van der Waals surface area contributed by atoms with Gasteiger partial charge in [0.15, 0.2) is 0 Å². The Morgan fingerprint density at radius 2 is 2.38 bits per heavy atom. The molecule has 1 aliphatic heterocycles. The third-order valence-electron chi connectivity index (χ3n) is 2.60. The fraction of sp³-hybridized carbons (Fsp3) is 0.889. The van der Waals surface area contributed by atoms with Crippen molar-refractivity contribution in [3.05, 3.63) is 0 Å². The zero-order valence-corrected chi connectivity index (χ0v) is 8.19. The van der Waals surface area contributed by atoms with E-state index in [0.717, 1.165) is 19.4 Å². The Morgan fingerprint density at radius 1 is 1.69 bits per heavy atom. The lowest BCUT2D eigenvalue weighted by molar-refractivity contribution is -0.145. The molecule has 0 amide bonds. The van der Waals surface area contributed by atoms with Crippen molar-refractivity contribution >= 4 is 5.97 Å². The fourth-order valence-electron chi connectivity index (χ4n) is 1.59. The smallest absolute Gasteiger partial charge is 0.329 e. The number of nitrogens with zero attached hydrogens (tertiary/aromatic N) is 1. The lowest BCUT2D eigenvalue weighted by Gasteiger charge is -2.34. The van der Waals surface area contributed by atoms with Gasteiger partial charge in [-0.05, 0) is 26.8 Å². The fourth-order valence-corrected chi connectivity index (χ4v) is 1.59. The quantitative estimate of drug-likeness (QED) is 0.701. The molecule has 0 radical (unpaired) electrons. The Kier molecular flexibility index (Phi) is 3.69. The molecular formula is C9H17NO3. The lowest BCUT2D eigenvalue weighted by atomic mass is 10.0. The molecule has 1 rings (SSSR count). The Bertz CT molecular complexity index is 184. The second-order valence-electron chi connectivity index (χ2n) is 3.68. The monoisotopic (exact) mass is 187 g/mol. The van der Waals surface area contributed by atoms with E-state index in [1.807, 2.05) is 0 Å². The van der Waals surface area contributed by atoms with Crippen LogP contribution in [0.25, 0.3) is 0 Å². The van der Waals surface area contributed by atoms with Gasteiger partial charge in [-0.1, -0.05) is 0 Å². The summed E-state index contributed by atoms with van der Waals surface area (Å²) in [5, 5.41) is 8.43. The predicted molar refractivity (Wildman–Crippen MR) is 48.7 cm³/mol. The van der Waals surface area contributed by atoms with Gasteiger partial charge in [0.2, 0.25) is 0 Å². The number of hydrogen-bond donors (Lipinski definition) is 1. The van der Waals surface area contributed by atoms with Gasteiger partial charge in [-0.25, -0.2) is 4.79 Å². The predicted octanol–water partition coefficient (Wildman–Crippen LogP) is 0.570. The molecule has 0 aliphatic carbocycles. The molecule has 76 valence electrons. The van der Waals surface area contributed by atoms with Crippen LogP contribution in [0.3, 0.4) is 0 Å². The van der Waals surface area contributed by atoms with Gasteiger partial charge in [0.05, 0.1) is 6.10 Å². The summed E-state index contributed by atoms with van der Waals surface area (Å²) in [6, 6.07) is 0.493. The molecule has 1 N–H and O–H groups in total. The van der Waals surface area contributed by atoms with Gasteiger partial charge < -0.3 is 14.7 Å². The summed E-state index contributed by atoms with van der Waals surface area (Å²) < 4.78 is 5.24. The van der Waals surface area contributed by atoms with E-state index in [-0.39, 0.29) is 12.7 Å². The molecule has 0 bridgehead atoms. The van der Waals surface area contributed by atoms with Crippen LogP contribution in [0, 0.1) is 0 Å². The zero-order chi connectivity index (χ0) is 9.84. The van der Waals surface area contributed by atoms with Crippen molar-refractivity contribution in [2.45, 2.75) is 31.9 Å². The first-order valence-electron chi connectivity index (χ1n) is 4.63. The van der Waals surface area contributed by atoms with Crippen molar-refractivity contribution in [3.8, 4) is 0 Å². The van der Waals surface area contributed by atoms with E-state index in [4.69, 9.17) is 9.84 Å². The van der Waals surface area contributed by atoms with Gasteiger partial charge in [0.1, 0.15) is 6.61 Å². The van der Waals surface area contributed by atoms with Crippen molar-refractivity contribution in [2.24, 2.45) is 0 Å². The van der Waals surface area contributed by atoms with Crippen LogP contribution in [0.1, 0.15) is 19.8 Å². The molecule has 0 saturated carbocycles. The minimum absolute atomic E-state index is 0.127. The molecule has 1 saturated heterocycles. The highest BCUT2D eigenvalue weighted by Gasteiger charge is 2.23. The number of carbonyl (C=O) groups is 1. The summed E-state index contributed by atoms with van der Waals surface area (Å²) >= 11 is 0. The first kappa shape index (κ1) is 10.5. The first-order chi connectivity index (χ1) is 6.09. The number of piperidine rings is 1. The molecule has 4 heteroatoms. The van der Waals surface area contributed by atoms with Crippen LogP contribution in [0.4, 0.5) is 0 Å². The Labute approximate surface area is 78.5 Å². The summed E-state index contributed by atoms with van der Waals surface area (Å²) in [7, 11) is 2.08. The van der Waals surface area contributed by atoms with E-state index in [9.17, 15) is 4.79 Å². The van der Waals surface area contributed by atoms with E-state index in [2.05, 4.69) is 18.9 Å². The third-order valence-corrected chi connectivity index (χ3v) is 2.60. The molecule has 0 spiro atoms. The van der Waals surface area contributed by atoms with E-state index in [1.165, 1.54) is 0 Å². The number of carboxylic acid groups (broad SMARTS) is 1. The maximum absolute atomic E-state index is 10.3. The average molecular weight is 187 g/mol. The van der Waals surface area contributed by atoms with Gasteiger partial charge in [-0.3, -0.25) is 0 Å². The van der Waals surface area contributed by atoms with Crippen LogP contribution >= 0.6 is 0 Å². The molecule has 1 aliphatic rings. The minimum Gasteiger partial charge on any atom is -0.480 e. The van der Waals surface area contributed by atoms with Crippen LogP contribution in [-0.4, -0.2) is 48.3 Å². The number of ether oxygens (including phenoxy) is 1. The van der Waals surface area contributed by atoms with Gasteiger partial charge in [-0.15, -0.1) is 0 Å². The molecule has 1 fully saturated rings. The summed E-state index contributed by atoms with van der Waals surface area (Å²) in [4.78, 5) is 12.5. The molecule has 13 heavy (non-hydrogen) atoms. The second-order valence-corrected chi connectivity index (χ2v) is 3.68. The largest absolute Gasteiger partial charge is 0.480 e. The maximum Gasteiger partial charge on any atom is 0.329 e. The van der Waals surface area contributed by atoms with Gasteiger partial charge in [0, 0.05) is 12.6 Å². The third kappa shape index (κ3) is 3.32. The molecule has 0 aromatic carbocycles. The van der Waals surface area contributed by atoms with Gasteiger partial charge in [0.25, 0.3) is 0 Å². The number of carboxylic acids is 1. The Morgan fingerprint density at radius 3 is 2.92 bits per heavy atom. The average Bonchev–Trinajstić information content (AvgIpc) is 2.07. The summed E-state index contributed by atoms with van der Waals surface area (Å²) in [6.07, 6.45) is 2.00. The lowest BCUT2D eigenvalue weighted by Crippen LogP contribution is -2.41. The number of rotatable bonds is 3. The number of likely N-dealkylation sites (tertiary alicyclic amines) is 1. The first-order valence-corrected chi connectivity index (χ1v) is 4.63. The van der Waals surface area contributed by atoms with Crippen LogP contribution in [0.5, 0.6) is 0 Å². The summed E-state index contributed by atoms with van der Waals surface area (Å²) in [5.74, 6) is -0.883. The normalized spacial score (nSPS) is 30.3. The van der Waals surface area contributed by atoms with Gasteiger partial charge >= 0.3 is 5.97 Å². The highest BCUT2D eigenvalue weighted by Crippen LogP contribution is 2.17. The number of aliphatic carboxylic acids is 1. The molecule has 0 aromatic rings. The Balaban J connectivity index is 2.25. The molecule has 0 unspecified atom stereocenters. The van der Waals surface area contributed by atoms with Crippen LogP contribution < -0.4 is 0 Å². The minimum atomic E-state index is -0.883. The Hall–Kier alpha value is -0.610. The summed E-state index contributed by atoms with van der Waals surface area (Å²) in [6.45, 7) is 2.96. The molecule has 0 aromatic heterocycles. The van der Waals surface area contributed by atoms with Crippen molar-refractivity contribution in [2.75, 3.05) is 20.2 Å².